The number of aromatic amines is 1. The van der Waals surface area contributed by atoms with Crippen molar-refractivity contribution in [2.45, 2.75) is 6.43 Å². The van der Waals surface area contributed by atoms with Gasteiger partial charge < -0.3 is 14.8 Å². The van der Waals surface area contributed by atoms with Crippen molar-refractivity contribution in [3.05, 3.63) is 27.7 Å². The highest BCUT2D eigenvalue weighted by atomic mass is 19.3. The molecule has 5 nitrogen and oxygen atoms in total. The van der Waals surface area contributed by atoms with E-state index in [1.165, 1.54) is 0 Å². The Balaban J connectivity index is 3.54. The quantitative estimate of drug-likeness (QED) is 0.795. The van der Waals surface area contributed by atoms with Crippen LogP contribution in [0.2, 0.25) is 0 Å². The molecule has 0 aliphatic rings. The number of pyridine rings is 1. The van der Waals surface area contributed by atoms with Crippen LogP contribution in [0.1, 0.15) is 22.3 Å². The first kappa shape index (κ1) is 11.2. The van der Waals surface area contributed by atoms with Gasteiger partial charge in [0.15, 0.2) is 0 Å². The molecule has 0 fully saturated rings. The van der Waals surface area contributed by atoms with Gasteiger partial charge in [0.1, 0.15) is 16.9 Å². The van der Waals surface area contributed by atoms with E-state index >= 15 is 0 Å². The van der Waals surface area contributed by atoms with Crippen molar-refractivity contribution < 1.29 is 23.4 Å². The number of carboxylic acids is 1. The molecule has 0 spiro atoms. The van der Waals surface area contributed by atoms with Crippen molar-refractivity contribution in [3.8, 4) is 5.75 Å². The van der Waals surface area contributed by atoms with Crippen LogP contribution < -0.4 is 10.3 Å². The largest absolute Gasteiger partial charge is 0.495 e. The number of rotatable bonds is 3. The number of aromatic carboxylic acids is 1. The summed E-state index contributed by atoms with van der Waals surface area (Å²) < 4.78 is 29.4. The number of hydrogen-bond donors (Lipinski definition) is 2. The zero-order valence-electron chi connectivity index (χ0n) is 7.58. The lowest BCUT2D eigenvalue weighted by Crippen LogP contribution is -2.17. The molecule has 0 saturated carbocycles. The summed E-state index contributed by atoms with van der Waals surface area (Å²) in [5, 5.41) is 8.65. The van der Waals surface area contributed by atoms with E-state index < -0.39 is 34.8 Å². The first-order valence-electron chi connectivity index (χ1n) is 3.80. The summed E-state index contributed by atoms with van der Waals surface area (Å²) in [6.45, 7) is 0. The number of aromatic nitrogens is 1. The number of methoxy groups -OCH3 is 1. The molecule has 7 heteroatoms. The maximum Gasteiger partial charge on any atom is 0.341 e. The average molecular weight is 219 g/mol. The molecule has 0 bridgehead atoms. The normalized spacial score (nSPS) is 10.4. The zero-order valence-corrected chi connectivity index (χ0v) is 7.58. The third kappa shape index (κ3) is 1.95. The summed E-state index contributed by atoms with van der Waals surface area (Å²) in [6, 6.07) is 0. The fourth-order valence-corrected chi connectivity index (χ4v) is 1.11. The van der Waals surface area contributed by atoms with Crippen molar-refractivity contribution in [1.29, 1.82) is 0 Å². The van der Waals surface area contributed by atoms with Crippen LogP contribution in [0.25, 0.3) is 0 Å². The van der Waals surface area contributed by atoms with Crippen LogP contribution in [0.4, 0.5) is 8.78 Å². The summed E-state index contributed by atoms with van der Waals surface area (Å²) in [5.41, 5.74) is -2.54. The van der Waals surface area contributed by atoms with E-state index in [4.69, 9.17) is 5.11 Å². The average Bonchev–Trinajstić information content (AvgIpc) is 2.15. The first-order valence-corrected chi connectivity index (χ1v) is 3.80. The summed E-state index contributed by atoms with van der Waals surface area (Å²) >= 11 is 0. The second-order valence-electron chi connectivity index (χ2n) is 2.58. The molecule has 82 valence electrons. The summed E-state index contributed by atoms with van der Waals surface area (Å²) in [7, 11) is 1.02. The smallest absolute Gasteiger partial charge is 0.341 e. The molecule has 0 atom stereocenters. The molecule has 2 N–H and O–H groups in total. The Labute approximate surface area is 82.3 Å². The van der Waals surface area contributed by atoms with E-state index in [1.54, 1.807) is 0 Å². The van der Waals surface area contributed by atoms with E-state index in [0.29, 0.717) is 0 Å². The number of carbonyl (C=O) groups is 1. The highest BCUT2D eigenvalue weighted by Crippen LogP contribution is 2.28. The van der Waals surface area contributed by atoms with Crippen LogP contribution in [0.15, 0.2) is 11.0 Å². The van der Waals surface area contributed by atoms with Crippen molar-refractivity contribution >= 4 is 5.97 Å². The molecule has 0 amide bonds. The highest BCUT2D eigenvalue weighted by molar-refractivity contribution is 5.91. The standard InChI is InChI=1S/C8H7F2NO4/c1-15-5-3(8(13)14)2-11-7(12)4(5)6(9)10/h2,6H,1H3,(H,11,12)(H,13,14). The van der Waals surface area contributed by atoms with Crippen LogP contribution in [-0.2, 0) is 0 Å². The van der Waals surface area contributed by atoms with Gasteiger partial charge in [0.2, 0.25) is 0 Å². The Bertz CT molecular complexity index is 441. The Morgan fingerprint density at radius 1 is 1.60 bits per heavy atom. The van der Waals surface area contributed by atoms with Gasteiger partial charge in [-0.2, -0.15) is 0 Å². The molecular formula is C8H7F2NO4. The van der Waals surface area contributed by atoms with Gasteiger partial charge >= 0.3 is 5.97 Å². The molecular weight excluding hydrogens is 212 g/mol. The van der Waals surface area contributed by atoms with Gasteiger partial charge in [-0.15, -0.1) is 0 Å². The molecule has 0 unspecified atom stereocenters. The number of carboxylic acid groups (broad SMARTS) is 1. The fraction of sp³-hybridized carbons (Fsp3) is 0.250. The number of hydrogen-bond acceptors (Lipinski definition) is 3. The number of halogens is 2. The number of alkyl halides is 2. The van der Waals surface area contributed by atoms with Crippen molar-refractivity contribution in [2.24, 2.45) is 0 Å². The molecule has 1 aromatic heterocycles. The second-order valence-corrected chi connectivity index (χ2v) is 2.58. The maximum absolute atomic E-state index is 12.4. The van der Waals surface area contributed by atoms with E-state index in [2.05, 4.69) is 4.74 Å². The van der Waals surface area contributed by atoms with Crippen LogP contribution in [0.5, 0.6) is 5.75 Å². The van der Waals surface area contributed by atoms with Gasteiger partial charge in [-0.05, 0) is 0 Å². The zero-order chi connectivity index (χ0) is 11.6. The Hall–Kier alpha value is -1.92. The maximum atomic E-state index is 12.4. The summed E-state index contributed by atoms with van der Waals surface area (Å²) in [6.07, 6.45) is -2.28. The topological polar surface area (TPSA) is 79.4 Å². The molecule has 1 aromatic rings. The van der Waals surface area contributed by atoms with Crippen LogP contribution in [0, 0.1) is 0 Å². The molecule has 0 aliphatic heterocycles. The van der Waals surface area contributed by atoms with Crippen molar-refractivity contribution in [2.75, 3.05) is 7.11 Å². The number of ether oxygens (including phenoxy) is 1. The van der Waals surface area contributed by atoms with Gasteiger partial charge in [0.25, 0.3) is 12.0 Å². The SMILES string of the molecule is COc1c(C(=O)O)c[nH]c(=O)c1C(F)F. The third-order valence-electron chi connectivity index (χ3n) is 1.73. The molecule has 1 heterocycles. The van der Waals surface area contributed by atoms with E-state index in [1.807, 2.05) is 4.98 Å². The number of H-pyrrole nitrogens is 1. The minimum absolute atomic E-state index is 0.507. The Morgan fingerprint density at radius 2 is 2.20 bits per heavy atom. The van der Waals surface area contributed by atoms with Gasteiger partial charge in [-0.25, -0.2) is 13.6 Å². The van der Waals surface area contributed by atoms with Crippen molar-refractivity contribution in [1.82, 2.24) is 4.98 Å². The van der Waals surface area contributed by atoms with Gasteiger partial charge in [0, 0.05) is 6.20 Å². The Kier molecular flexibility index (Phi) is 3.03. The summed E-state index contributed by atoms with van der Waals surface area (Å²) in [5.74, 6) is -2.06. The molecule has 15 heavy (non-hydrogen) atoms. The fourth-order valence-electron chi connectivity index (χ4n) is 1.11. The third-order valence-corrected chi connectivity index (χ3v) is 1.73. The molecule has 1 rings (SSSR count). The number of nitrogens with one attached hydrogen (secondary N) is 1. The minimum atomic E-state index is -3.09. The summed E-state index contributed by atoms with van der Waals surface area (Å²) in [4.78, 5) is 23.5. The molecule has 0 radical (unpaired) electrons. The van der Waals surface area contributed by atoms with E-state index in [0.717, 1.165) is 13.3 Å². The predicted octanol–water partition coefficient (Wildman–Crippen LogP) is 1.02. The lowest BCUT2D eigenvalue weighted by atomic mass is 10.1. The van der Waals surface area contributed by atoms with Gasteiger partial charge in [-0.3, -0.25) is 4.79 Å². The molecule has 0 aliphatic carbocycles. The van der Waals surface area contributed by atoms with Gasteiger partial charge in [-0.1, -0.05) is 0 Å². The van der Waals surface area contributed by atoms with Crippen LogP contribution >= 0.6 is 0 Å². The molecule has 0 aromatic carbocycles. The van der Waals surface area contributed by atoms with Crippen LogP contribution in [-0.4, -0.2) is 23.2 Å². The van der Waals surface area contributed by atoms with Crippen LogP contribution in [0.3, 0.4) is 0 Å². The first-order chi connectivity index (χ1) is 6.99. The lowest BCUT2D eigenvalue weighted by molar-refractivity contribution is 0.0691. The predicted molar refractivity (Wildman–Crippen MR) is 45.5 cm³/mol. The molecule has 0 saturated heterocycles. The van der Waals surface area contributed by atoms with Crippen molar-refractivity contribution in [3.63, 3.8) is 0 Å². The van der Waals surface area contributed by atoms with E-state index in [-0.39, 0.29) is 0 Å². The van der Waals surface area contributed by atoms with Gasteiger partial charge in [0.05, 0.1) is 7.11 Å². The Morgan fingerprint density at radius 3 is 2.60 bits per heavy atom. The highest BCUT2D eigenvalue weighted by Gasteiger charge is 2.24. The minimum Gasteiger partial charge on any atom is -0.495 e. The van der Waals surface area contributed by atoms with E-state index in [9.17, 15) is 18.4 Å². The second kappa shape index (κ2) is 4.07. The monoisotopic (exact) mass is 219 g/mol. The lowest BCUT2D eigenvalue weighted by Gasteiger charge is -2.08.